The summed E-state index contributed by atoms with van der Waals surface area (Å²) in [7, 11) is 0.578. The van der Waals surface area contributed by atoms with Crippen LogP contribution in [-0.4, -0.2) is 42.3 Å². The molecule has 0 aromatic heterocycles. The number of rotatable bonds is 10. The second-order valence-corrected chi connectivity index (χ2v) is 8.92. The number of ether oxygens (including phenoxy) is 4. The van der Waals surface area contributed by atoms with Crippen LogP contribution in [0.3, 0.4) is 0 Å². The zero-order valence-corrected chi connectivity index (χ0v) is 20.2. The van der Waals surface area contributed by atoms with E-state index in [4.69, 9.17) is 30.5 Å². The topological polar surface area (TPSA) is 112 Å². The predicted molar refractivity (Wildman–Crippen MR) is 129 cm³/mol. The number of benzene rings is 3. The average molecular weight is 507 g/mol. The highest BCUT2D eigenvalue weighted by molar-refractivity contribution is 7.92. The maximum Gasteiger partial charge on any atom is 0.262 e. The molecule has 0 heterocycles. The van der Waals surface area contributed by atoms with Gasteiger partial charge in [0.25, 0.3) is 15.9 Å². The van der Waals surface area contributed by atoms with Crippen LogP contribution in [0.1, 0.15) is 0 Å². The molecule has 3 rings (SSSR count). The highest BCUT2D eigenvalue weighted by atomic mass is 35.5. The van der Waals surface area contributed by atoms with Gasteiger partial charge in [0.2, 0.25) is 0 Å². The van der Waals surface area contributed by atoms with Crippen LogP contribution in [0, 0.1) is 0 Å². The standard InChI is InChI=1S/C23H23ClN2O7S/c1-30-17-6-4-5-15(11-17)26-34(28,29)18-9-7-16(8-10-18)33-14-23(27)25-20-13-21(31-2)19(24)12-22(20)32-3/h4-13,26H,14H2,1-3H3,(H,25,27). The van der Waals surface area contributed by atoms with Crippen molar-refractivity contribution in [2.45, 2.75) is 4.90 Å². The van der Waals surface area contributed by atoms with E-state index in [9.17, 15) is 13.2 Å². The van der Waals surface area contributed by atoms with Gasteiger partial charge in [0, 0.05) is 18.2 Å². The number of carbonyl (C=O) groups excluding carboxylic acids is 1. The Morgan fingerprint density at radius 1 is 0.882 bits per heavy atom. The maximum atomic E-state index is 12.6. The van der Waals surface area contributed by atoms with Crippen molar-refractivity contribution in [1.29, 1.82) is 0 Å². The van der Waals surface area contributed by atoms with Crippen molar-refractivity contribution in [3.05, 3.63) is 65.7 Å². The van der Waals surface area contributed by atoms with Gasteiger partial charge in [-0.25, -0.2) is 8.42 Å². The van der Waals surface area contributed by atoms with E-state index in [0.29, 0.717) is 39.4 Å². The number of nitrogens with one attached hydrogen (secondary N) is 2. The molecular weight excluding hydrogens is 484 g/mol. The Balaban J connectivity index is 1.62. The molecule has 9 nitrogen and oxygen atoms in total. The van der Waals surface area contributed by atoms with Crippen molar-refractivity contribution in [3.8, 4) is 23.0 Å². The zero-order chi connectivity index (χ0) is 24.7. The SMILES string of the molecule is COc1cccc(NS(=O)(=O)c2ccc(OCC(=O)Nc3cc(OC)c(Cl)cc3OC)cc2)c1. The van der Waals surface area contributed by atoms with Gasteiger partial charge in [-0.2, -0.15) is 0 Å². The fourth-order valence-corrected chi connectivity index (χ4v) is 4.19. The lowest BCUT2D eigenvalue weighted by molar-refractivity contribution is -0.118. The second kappa shape index (κ2) is 11.0. The molecule has 0 aliphatic carbocycles. The first-order valence-electron chi connectivity index (χ1n) is 9.87. The largest absolute Gasteiger partial charge is 0.497 e. The minimum atomic E-state index is -3.82. The predicted octanol–water partition coefficient (Wildman–Crippen LogP) is 4.18. The Labute approximate surface area is 202 Å². The Morgan fingerprint density at radius 2 is 1.59 bits per heavy atom. The monoisotopic (exact) mass is 506 g/mol. The summed E-state index contributed by atoms with van der Waals surface area (Å²) < 4.78 is 48.7. The molecule has 0 radical (unpaired) electrons. The van der Waals surface area contributed by atoms with Crippen LogP contribution in [-0.2, 0) is 14.8 Å². The van der Waals surface area contributed by atoms with Crippen molar-refractivity contribution in [2.75, 3.05) is 38.0 Å². The number of methoxy groups -OCH3 is 3. The van der Waals surface area contributed by atoms with Crippen LogP contribution in [0.25, 0.3) is 0 Å². The van der Waals surface area contributed by atoms with Gasteiger partial charge < -0.3 is 24.3 Å². The van der Waals surface area contributed by atoms with E-state index in [2.05, 4.69) is 10.0 Å². The molecule has 0 unspecified atom stereocenters. The van der Waals surface area contributed by atoms with E-state index in [0.717, 1.165) is 0 Å². The minimum absolute atomic E-state index is 0.0325. The van der Waals surface area contributed by atoms with Crippen LogP contribution in [0.4, 0.5) is 11.4 Å². The van der Waals surface area contributed by atoms with Gasteiger partial charge in [-0.15, -0.1) is 0 Å². The first-order chi connectivity index (χ1) is 16.2. The fraction of sp³-hybridized carbons (Fsp3) is 0.174. The minimum Gasteiger partial charge on any atom is -0.497 e. The van der Waals surface area contributed by atoms with Crippen molar-refractivity contribution in [3.63, 3.8) is 0 Å². The molecule has 11 heteroatoms. The average Bonchev–Trinajstić information content (AvgIpc) is 2.83. The Morgan fingerprint density at radius 3 is 2.24 bits per heavy atom. The third kappa shape index (κ3) is 6.24. The summed E-state index contributed by atoms with van der Waals surface area (Å²) in [4.78, 5) is 12.4. The summed E-state index contributed by atoms with van der Waals surface area (Å²) in [6.07, 6.45) is 0. The molecule has 0 aliphatic rings. The van der Waals surface area contributed by atoms with Crippen LogP contribution in [0.5, 0.6) is 23.0 Å². The number of sulfonamides is 1. The van der Waals surface area contributed by atoms with Crippen LogP contribution >= 0.6 is 11.6 Å². The van der Waals surface area contributed by atoms with E-state index in [1.807, 2.05) is 0 Å². The number of amides is 1. The van der Waals surface area contributed by atoms with Crippen molar-refractivity contribution in [2.24, 2.45) is 0 Å². The van der Waals surface area contributed by atoms with E-state index >= 15 is 0 Å². The van der Waals surface area contributed by atoms with Gasteiger partial charge in [0.1, 0.15) is 23.0 Å². The van der Waals surface area contributed by atoms with Crippen molar-refractivity contribution < 1.29 is 32.2 Å². The summed E-state index contributed by atoms with van der Waals surface area (Å²) in [5.41, 5.74) is 0.730. The summed E-state index contributed by atoms with van der Waals surface area (Å²) in [5, 5.41) is 3.00. The molecule has 34 heavy (non-hydrogen) atoms. The molecule has 3 aromatic rings. The smallest absolute Gasteiger partial charge is 0.262 e. The maximum absolute atomic E-state index is 12.6. The molecule has 0 spiro atoms. The molecule has 0 atom stereocenters. The quantitative estimate of drug-likeness (QED) is 0.424. The van der Waals surface area contributed by atoms with Crippen LogP contribution in [0.15, 0.2) is 65.6 Å². The zero-order valence-electron chi connectivity index (χ0n) is 18.6. The van der Waals surface area contributed by atoms with Gasteiger partial charge >= 0.3 is 0 Å². The Hall–Kier alpha value is -3.63. The molecule has 0 fully saturated rings. The molecule has 3 aromatic carbocycles. The highest BCUT2D eigenvalue weighted by Crippen LogP contribution is 2.35. The summed E-state index contributed by atoms with van der Waals surface area (Å²) in [6.45, 7) is -0.317. The first kappa shape index (κ1) is 25.0. The first-order valence-corrected chi connectivity index (χ1v) is 11.7. The highest BCUT2D eigenvalue weighted by Gasteiger charge is 2.16. The van der Waals surface area contributed by atoms with Gasteiger partial charge in [-0.1, -0.05) is 17.7 Å². The number of hydrogen-bond donors (Lipinski definition) is 2. The molecule has 0 aliphatic heterocycles. The molecule has 0 bridgehead atoms. The summed E-state index contributed by atoms with van der Waals surface area (Å²) in [5.74, 6) is 1.11. The number of anilines is 2. The van der Waals surface area contributed by atoms with Gasteiger partial charge in [0.15, 0.2) is 6.61 Å². The lowest BCUT2D eigenvalue weighted by Crippen LogP contribution is -2.20. The Bertz CT molecular complexity index is 1260. The lowest BCUT2D eigenvalue weighted by Gasteiger charge is -2.13. The van der Waals surface area contributed by atoms with Gasteiger partial charge in [-0.3, -0.25) is 9.52 Å². The molecule has 180 valence electrons. The number of hydrogen-bond acceptors (Lipinski definition) is 7. The number of carbonyl (C=O) groups is 1. The third-order valence-corrected chi connectivity index (χ3v) is 6.27. The Kier molecular flexibility index (Phi) is 8.08. The molecule has 0 saturated heterocycles. The molecule has 0 saturated carbocycles. The van der Waals surface area contributed by atoms with Crippen LogP contribution < -0.4 is 29.0 Å². The lowest BCUT2D eigenvalue weighted by atomic mass is 10.2. The summed E-state index contributed by atoms with van der Waals surface area (Å²) in [6, 6.07) is 15.3. The van der Waals surface area contributed by atoms with E-state index < -0.39 is 15.9 Å². The molecule has 2 N–H and O–H groups in total. The van der Waals surface area contributed by atoms with Crippen LogP contribution in [0.2, 0.25) is 5.02 Å². The molecule has 1 amide bonds. The number of halogens is 1. The third-order valence-electron chi connectivity index (χ3n) is 4.57. The molecular formula is C23H23ClN2O7S. The van der Waals surface area contributed by atoms with E-state index in [1.54, 1.807) is 24.3 Å². The normalized spacial score (nSPS) is 10.8. The van der Waals surface area contributed by atoms with E-state index in [1.165, 1.54) is 57.7 Å². The van der Waals surface area contributed by atoms with Crippen molar-refractivity contribution >= 4 is 38.9 Å². The summed E-state index contributed by atoms with van der Waals surface area (Å²) >= 11 is 6.07. The van der Waals surface area contributed by atoms with Gasteiger partial charge in [-0.05, 0) is 36.4 Å². The van der Waals surface area contributed by atoms with Gasteiger partial charge in [0.05, 0.1) is 42.6 Å². The second-order valence-electron chi connectivity index (χ2n) is 6.83. The van der Waals surface area contributed by atoms with Crippen molar-refractivity contribution in [1.82, 2.24) is 0 Å². The van der Waals surface area contributed by atoms with E-state index in [-0.39, 0.29) is 11.5 Å². The fourth-order valence-electron chi connectivity index (χ4n) is 2.91.